The fraction of sp³-hybridized carbons (Fsp3) is 0.406. The third kappa shape index (κ3) is 10.2. The lowest BCUT2D eigenvalue weighted by molar-refractivity contribution is -0.141. The number of carbonyl (C=O) groups is 5. The molecule has 2 aromatic carbocycles. The molecule has 12 nitrogen and oxygen atoms in total. The average Bonchev–Trinajstić information content (AvgIpc) is 2.99. The van der Waals surface area contributed by atoms with E-state index in [1.807, 2.05) is 6.07 Å². The summed E-state index contributed by atoms with van der Waals surface area (Å²) >= 11 is 0. The zero-order valence-corrected chi connectivity index (χ0v) is 25.1. The zero-order valence-electron chi connectivity index (χ0n) is 25.1. The van der Waals surface area contributed by atoms with Crippen molar-refractivity contribution in [2.75, 3.05) is 6.61 Å². The van der Waals surface area contributed by atoms with Crippen molar-refractivity contribution in [3.05, 3.63) is 77.9 Å². The Morgan fingerprint density at radius 2 is 1.64 bits per heavy atom. The molecule has 5 atom stereocenters. The number of ether oxygens (including phenoxy) is 1. The summed E-state index contributed by atoms with van der Waals surface area (Å²) < 4.78 is 5.71. The number of carboxylic acid groups (broad SMARTS) is 1. The molecule has 12 heteroatoms. The number of benzene rings is 2. The van der Waals surface area contributed by atoms with E-state index in [0.29, 0.717) is 11.3 Å². The van der Waals surface area contributed by atoms with Crippen molar-refractivity contribution in [2.45, 2.75) is 70.2 Å². The predicted octanol–water partition coefficient (Wildman–Crippen LogP) is 0.838. The van der Waals surface area contributed by atoms with Crippen LogP contribution in [0.5, 0.6) is 5.75 Å². The van der Waals surface area contributed by atoms with Crippen molar-refractivity contribution in [2.24, 2.45) is 11.7 Å². The van der Waals surface area contributed by atoms with E-state index < -0.39 is 59.8 Å². The highest BCUT2D eigenvalue weighted by Gasteiger charge is 2.32. The molecule has 4 amide bonds. The van der Waals surface area contributed by atoms with Crippen LogP contribution in [0.2, 0.25) is 0 Å². The summed E-state index contributed by atoms with van der Waals surface area (Å²) in [5.74, 6) is -3.45. The summed E-state index contributed by atoms with van der Waals surface area (Å²) in [6, 6.07) is 10.6. The van der Waals surface area contributed by atoms with Crippen LogP contribution < -0.4 is 31.7 Å². The molecule has 0 aliphatic carbocycles. The lowest BCUT2D eigenvalue weighted by atomic mass is 9.99. The second-order valence-electron chi connectivity index (χ2n) is 11.1. The topological polar surface area (TPSA) is 189 Å². The molecule has 2 aliphatic rings. The number of hydrogen-bond acceptors (Lipinski definition) is 7. The van der Waals surface area contributed by atoms with Crippen LogP contribution >= 0.6 is 0 Å². The predicted molar refractivity (Wildman–Crippen MR) is 163 cm³/mol. The van der Waals surface area contributed by atoms with Gasteiger partial charge in [0.2, 0.25) is 23.6 Å². The first-order chi connectivity index (χ1) is 20.9. The first kappa shape index (κ1) is 33.8. The molecule has 0 saturated heterocycles. The van der Waals surface area contributed by atoms with Gasteiger partial charge in [0.05, 0.1) is 6.04 Å². The van der Waals surface area contributed by atoms with Gasteiger partial charge in [-0.15, -0.1) is 0 Å². The van der Waals surface area contributed by atoms with Gasteiger partial charge in [-0.1, -0.05) is 68.5 Å². The summed E-state index contributed by atoms with van der Waals surface area (Å²) in [6.45, 7) is 5.10. The number of nitrogens with two attached hydrogens (primary N) is 1. The van der Waals surface area contributed by atoms with Crippen molar-refractivity contribution in [3.8, 4) is 5.75 Å². The SMILES string of the molecule is CC(C)[C@@H]1NC(=O)[C@@H](N)C/C=C\COc2ccc(cc2)C[C@@H](C(=O)N[C@@H](Cc2ccccc2)C(=O)N[C@@H](C)C(=O)O)NC1=O. The Labute approximate surface area is 256 Å². The standard InChI is InChI=1S/C32H41N5O7/c1-19(2)27-31(41)36-26(18-22-12-14-23(15-13-22)44-16-8-7-11-24(33)28(38)37-27)30(40)35-25(17-21-9-5-4-6-10-21)29(39)34-20(3)32(42)43/h4-10,12-15,19-20,24-27H,11,16-18,33H2,1-3H3,(H,34,39)(H,35,40)(H,36,41)(H,37,38)(H,42,43)/b8-7-/t20-,24-,25-,26-,27-/m0/s1. The highest BCUT2D eigenvalue weighted by Crippen LogP contribution is 2.15. The van der Waals surface area contributed by atoms with Crippen LogP contribution in [0.25, 0.3) is 0 Å². The van der Waals surface area contributed by atoms with E-state index in [1.54, 1.807) is 74.5 Å². The van der Waals surface area contributed by atoms with Crippen molar-refractivity contribution >= 4 is 29.6 Å². The van der Waals surface area contributed by atoms with Gasteiger partial charge in [0, 0.05) is 12.8 Å². The average molecular weight is 608 g/mol. The molecule has 236 valence electrons. The fourth-order valence-corrected chi connectivity index (χ4v) is 4.49. The Morgan fingerprint density at radius 3 is 2.27 bits per heavy atom. The molecule has 44 heavy (non-hydrogen) atoms. The van der Waals surface area contributed by atoms with Gasteiger partial charge in [0.25, 0.3) is 0 Å². The number of nitrogens with one attached hydrogen (secondary N) is 4. The Morgan fingerprint density at radius 1 is 0.955 bits per heavy atom. The molecular formula is C32H41N5O7. The third-order valence-corrected chi connectivity index (χ3v) is 7.13. The Hall–Kier alpha value is -4.71. The number of hydrogen-bond donors (Lipinski definition) is 6. The van der Waals surface area contributed by atoms with Crippen LogP contribution in [0.3, 0.4) is 0 Å². The van der Waals surface area contributed by atoms with Gasteiger partial charge in [0.15, 0.2) is 0 Å². The molecule has 0 aromatic heterocycles. The third-order valence-electron chi connectivity index (χ3n) is 7.13. The van der Waals surface area contributed by atoms with Gasteiger partial charge in [0.1, 0.15) is 36.5 Å². The highest BCUT2D eigenvalue weighted by molar-refractivity contribution is 5.95. The van der Waals surface area contributed by atoms with E-state index in [4.69, 9.17) is 10.5 Å². The molecule has 4 rings (SSSR count). The molecule has 2 aromatic rings. The zero-order chi connectivity index (χ0) is 32.2. The normalized spacial score (nSPS) is 21.5. The van der Waals surface area contributed by atoms with E-state index >= 15 is 0 Å². The fourth-order valence-electron chi connectivity index (χ4n) is 4.49. The minimum absolute atomic E-state index is 0.0568. The smallest absolute Gasteiger partial charge is 0.325 e. The second-order valence-corrected chi connectivity index (χ2v) is 11.1. The molecule has 2 bridgehead atoms. The maximum atomic E-state index is 13.8. The summed E-state index contributed by atoms with van der Waals surface area (Å²) in [5, 5.41) is 19.9. The summed E-state index contributed by atoms with van der Waals surface area (Å²) in [6.07, 6.45) is 3.86. The summed E-state index contributed by atoms with van der Waals surface area (Å²) in [4.78, 5) is 64.7. The van der Waals surface area contributed by atoms with Crippen LogP contribution in [-0.2, 0) is 36.8 Å². The Balaban J connectivity index is 1.92. The maximum Gasteiger partial charge on any atom is 0.325 e. The number of aliphatic carboxylic acids is 1. The highest BCUT2D eigenvalue weighted by atomic mass is 16.5. The number of carboxylic acids is 1. The molecule has 0 radical (unpaired) electrons. The quantitative estimate of drug-likeness (QED) is 0.238. The summed E-state index contributed by atoms with van der Waals surface area (Å²) in [7, 11) is 0. The molecule has 0 spiro atoms. The molecule has 0 saturated carbocycles. The number of carbonyl (C=O) groups excluding carboxylic acids is 4. The maximum absolute atomic E-state index is 13.8. The van der Waals surface area contributed by atoms with Gasteiger partial charge in [-0.25, -0.2) is 0 Å². The molecule has 0 unspecified atom stereocenters. The first-order valence-corrected chi connectivity index (χ1v) is 14.5. The largest absolute Gasteiger partial charge is 0.490 e. The molecule has 2 heterocycles. The molecular weight excluding hydrogens is 566 g/mol. The van der Waals surface area contributed by atoms with E-state index in [1.165, 1.54) is 6.92 Å². The van der Waals surface area contributed by atoms with Gasteiger partial charge in [-0.3, -0.25) is 24.0 Å². The minimum Gasteiger partial charge on any atom is -0.490 e. The molecule has 7 N–H and O–H groups in total. The van der Waals surface area contributed by atoms with E-state index in [2.05, 4.69) is 21.3 Å². The van der Waals surface area contributed by atoms with E-state index in [9.17, 15) is 29.1 Å². The van der Waals surface area contributed by atoms with E-state index in [-0.39, 0.29) is 31.8 Å². The van der Waals surface area contributed by atoms with Crippen LogP contribution in [0.15, 0.2) is 66.7 Å². The molecule has 2 aliphatic heterocycles. The molecule has 0 fully saturated rings. The minimum atomic E-state index is -1.23. The van der Waals surface area contributed by atoms with Crippen molar-refractivity contribution in [3.63, 3.8) is 0 Å². The van der Waals surface area contributed by atoms with E-state index in [0.717, 1.165) is 5.56 Å². The summed E-state index contributed by atoms with van der Waals surface area (Å²) in [5.41, 5.74) is 7.48. The van der Waals surface area contributed by atoms with Crippen molar-refractivity contribution < 1.29 is 33.8 Å². The Kier molecular flexibility index (Phi) is 12.5. The van der Waals surface area contributed by atoms with Gasteiger partial charge < -0.3 is 36.8 Å². The van der Waals surface area contributed by atoms with Gasteiger partial charge in [-0.2, -0.15) is 0 Å². The number of rotatable bonds is 8. The van der Waals surface area contributed by atoms with Crippen molar-refractivity contribution in [1.29, 1.82) is 0 Å². The monoisotopic (exact) mass is 607 g/mol. The first-order valence-electron chi connectivity index (χ1n) is 14.5. The lowest BCUT2D eigenvalue weighted by Crippen LogP contribution is -2.60. The number of amides is 4. The van der Waals surface area contributed by atoms with Crippen LogP contribution in [0, 0.1) is 5.92 Å². The number of fused-ring (bicyclic) bond motifs is 13. The van der Waals surface area contributed by atoms with Gasteiger partial charge in [-0.05, 0) is 42.5 Å². The Bertz CT molecular complexity index is 1330. The lowest BCUT2D eigenvalue weighted by Gasteiger charge is -2.27. The van der Waals surface area contributed by atoms with Crippen LogP contribution in [0.1, 0.15) is 38.3 Å². The van der Waals surface area contributed by atoms with Gasteiger partial charge >= 0.3 is 5.97 Å². The van der Waals surface area contributed by atoms with Crippen LogP contribution in [-0.4, -0.2) is 71.5 Å². The van der Waals surface area contributed by atoms with Crippen molar-refractivity contribution in [1.82, 2.24) is 21.3 Å². The van der Waals surface area contributed by atoms with Crippen LogP contribution in [0.4, 0.5) is 0 Å². The second kappa shape index (κ2) is 16.2.